The third kappa shape index (κ3) is 1.95. The van der Waals surface area contributed by atoms with Gasteiger partial charge in [-0.15, -0.1) is 0 Å². The Morgan fingerprint density at radius 1 is 1.08 bits per heavy atom. The van der Waals surface area contributed by atoms with E-state index in [1.54, 1.807) is 0 Å². The zero-order valence-corrected chi connectivity index (χ0v) is 6.48. The fraction of sp³-hybridized carbons (Fsp3) is 0.833. The Kier molecular flexibility index (Phi) is 3.17. The fourth-order valence-corrected chi connectivity index (χ4v) is 0.997. The molecular weight excluding hydrogens is 184 g/mol. The van der Waals surface area contributed by atoms with Gasteiger partial charge >= 0.3 is 0 Å². The highest BCUT2D eigenvalue weighted by atomic mass is 16.8. The second-order valence-electron chi connectivity index (χ2n) is 2.60. The normalized spacial score (nSPS) is 45.7. The number of ether oxygens (including phenoxy) is 2. The summed E-state index contributed by atoms with van der Waals surface area (Å²) in [4.78, 5) is 9.87. The van der Waals surface area contributed by atoms with E-state index in [0.717, 1.165) is 0 Å². The Balaban J connectivity index is 2.64. The van der Waals surface area contributed by atoms with Crippen molar-refractivity contribution in [3.05, 3.63) is 0 Å². The highest BCUT2D eigenvalue weighted by Gasteiger charge is 2.44. The number of hydrogen-bond donors (Lipinski definition) is 4. The zero-order chi connectivity index (χ0) is 10.0. The molecule has 1 aliphatic heterocycles. The summed E-state index contributed by atoms with van der Waals surface area (Å²) in [5.41, 5.74) is 0. The number of carbonyl (C=O) groups is 1. The first kappa shape index (κ1) is 10.4. The first-order chi connectivity index (χ1) is 6.07. The van der Waals surface area contributed by atoms with Crippen LogP contribution >= 0.6 is 0 Å². The molecule has 1 rings (SSSR count). The molecule has 13 heavy (non-hydrogen) atoms. The zero-order valence-electron chi connectivity index (χ0n) is 6.48. The van der Waals surface area contributed by atoms with E-state index in [0.29, 0.717) is 0 Å². The molecule has 5 atom stereocenters. The smallest absolute Gasteiger partial charge is 0.295 e. The maximum Gasteiger partial charge on any atom is 0.295 e. The first-order valence-corrected chi connectivity index (χ1v) is 3.54. The van der Waals surface area contributed by atoms with Gasteiger partial charge in [0.05, 0.1) is 0 Å². The molecule has 76 valence electrons. The molecule has 2 unspecified atom stereocenters. The van der Waals surface area contributed by atoms with Crippen LogP contribution in [0.4, 0.5) is 0 Å². The molecule has 0 aromatic carbocycles. The quantitative estimate of drug-likeness (QED) is 0.344. The Bertz CT molecular complexity index is 184. The Labute approximate surface area is 73.1 Å². The second-order valence-corrected chi connectivity index (χ2v) is 2.60. The SMILES string of the molecule is O=COC1O[C@@H](O)[C@H](O)C(O)[C@@H]1O. The average Bonchev–Trinajstić information content (AvgIpc) is 2.11. The highest BCUT2D eigenvalue weighted by molar-refractivity contribution is 5.37. The number of aliphatic hydroxyl groups is 4. The summed E-state index contributed by atoms with van der Waals surface area (Å²) in [6, 6.07) is 0. The lowest BCUT2D eigenvalue weighted by molar-refractivity contribution is -0.328. The van der Waals surface area contributed by atoms with E-state index in [-0.39, 0.29) is 6.47 Å². The van der Waals surface area contributed by atoms with Gasteiger partial charge in [-0.2, -0.15) is 0 Å². The van der Waals surface area contributed by atoms with E-state index >= 15 is 0 Å². The van der Waals surface area contributed by atoms with Crippen molar-refractivity contribution in [2.75, 3.05) is 0 Å². The van der Waals surface area contributed by atoms with Crippen molar-refractivity contribution >= 4 is 6.47 Å². The van der Waals surface area contributed by atoms with Crippen LogP contribution in [0.25, 0.3) is 0 Å². The summed E-state index contributed by atoms with van der Waals surface area (Å²) in [6.07, 6.45) is -7.98. The Morgan fingerprint density at radius 2 is 1.69 bits per heavy atom. The van der Waals surface area contributed by atoms with Crippen molar-refractivity contribution in [1.29, 1.82) is 0 Å². The summed E-state index contributed by atoms with van der Waals surface area (Å²) >= 11 is 0. The van der Waals surface area contributed by atoms with Crippen LogP contribution in [0.5, 0.6) is 0 Å². The molecule has 1 fully saturated rings. The van der Waals surface area contributed by atoms with Gasteiger partial charge in [0, 0.05) is 0 Å². The predicted octanol–water partition coefficient (Wildman–Crippen LogP) is -3.08. The van der Waals surface area contributed by atoms with Crippen molar-refractivity contribution in [3.63, 3.8) is 0 Å². The summed E-state index contributed by atoms with van der Waals surface area (Å²) in [5.74, 6) is 0. The van der Waals surface area contributed by atoms with Crippen molar-refractivity contribution < 1.29 is 34.7 Å². The number of aliphatic hydroxyl groups excluding tert-OH is 4. The topological polar surface area (TPSA) is 116 Å². The Hall–Kier alpha value is -0.730. The maximum absolute atomic E-state index is 9.87. The molecule has 7 heteroatoms. The monoisotopic (exact) mass is 194 g/mol. The van der Waals surface area contributed by atoms with Crippen molar-refractivity contribution in [2.45, 2.75) is 30.9 Å². The number of hydrogen-bond acceptors (Lipinski definition) is 7. The van der Waals surface area contributed by atoms with Gasteiger partial charge < -0.3 is 29.9 Å². The van der Waals surface area contributed by atoms with Gasteiger partial charge in [-0.25, -0.2) is 0 Å². The van der Waals surface area contributed by atoms with Gasteiger partial charge in [0.1, 0.15) is 18.3 Å². The van der Waals surface area contributed by atoms with Gasteiger partial charge in [-0.05, 0) is 0 Å². The lowest BCUT2D eigenvalue weighted by atomic mass is 10.0. The summed E-state index contributed by atoms with van der Waals surface area (Å²) in [6.45, 7) is 0.00499. The van der Waals surface area contributed by atoms with Gasteiger partial charge in [-0.1, -0.05) is 0 Å². The van der Waals surface area contributed by atoms with Crippen LogP contribution in [0.3, 0.4) is 0 Å². The third-order valence-corrected chi connectivity index (χ3v) is 1.73. The molecule has 7 nitrogen and oxygen atoms in total. The van der Waals surface area contributed by atoms with Crippen molar-refractivity contribution in [3.8, 4) is 0 Å². The van der Waals surface area contributed by atoms with Crippen molar-refractivity contribution in [1.82, 2.24) is 0 Å². The molecule has 0 aromatic rings. The highest BCUT2D eigenvalue weighted by Crippen LogP contribution is 2.19. The first-order valence-electron chi connectivity index (χ1n) is 3.54. The van der Waals surface area contributed by atoms with Crippen molar-refractivity contribution in [2.24, 2.45) is 0 Å². The van der Waals surface area contributed by atoms with Crippen LogP contribution < -0.4 is 0 Å². The predicted molar refractivity (Wildman–Crippen MR) is 36.0 cm³/mol. The molecular formula is C6H10O7. The molecule has 0 aliphatic carbocycles. The molecule has 0 saturated carbocycles. The van der Waals surface area contributed by atoms with Crippen LogP contribution in [0.1, 0.15) is 0 Å². The molecule has 0 bridgehead atoms. The number of carbonyl (C=O) groups excluding carboxylic acids is 1. The largest absolute Gasteiger partial charge is 0.435 e. The van der Waals surface area contributed by atoms with Gasteiger partial charge in [0.25, 0.3) is 6.47 Å². The van der Waals surface area contributed by atoms with Crippen LogP contribution in [-0.2, 0) is 14.3 Å². The molecule has 0 radical (unpaired) electrons. The van der Waals surface area contributed by atoms with E-state index in [9.17, 15) is 4.79 Å². The van der Waals surface area contributed by atoms with E-state index < -0.39 is 30.9 Å². The summed E-state index contributed by atoms with van der Waals surface area (Å²) < 4.78 is 8.66. The third-order valence-electron chi connectivity index (χ3n) is 1.73. The fourth-order valence-electron chi connectivity index (χ4n) is 0.997. The van der Waals surface area contributed by atoms with E-state index in [1.165, 1.54) is 0 Å². The molecule has 4 N–H and O–H groups in total. The molecule has 0 spiro atoms. The van der Waals surface area contributed by atoms with Gasteiger partial charge in [0.15, 0.2) is 6.29 Å². The minimum Gasteiger partial charge on any atom is -0.435 e. The van der Waals surface area contributed by atoms with Gasteiger partial charge in [-0.3, -0.25) is 4.79 Å². The molecule has 0 aromatic heterocycles. The molecule has 1 aliphatic rings. The molecule has 1 heterocycles. The van der Waals surface area contributed by atoms with Crippen LogP contribution in [0, 0.1) is 0 Å². The second kappa shape index (κ2) is 3.99. The molecule has 0 amide bonds. The standard InChI is InChI=1S/C6H10O7/c7-1-12-6-4(10)2(8)3(9)5(11)13-6/h1-6,8-11H/t2?,3-,4+,5-,6?/m1/s1. The summed E-state index contributed by atoms with van der Waals surface area (Å²) in [7, 11) is 0. The minimum absolute atomic E-state index is 0.00499. The van der Waals surface area contributed by atoms with E-state index in [2.05, 4.69) is 9.47 Å². The Morgan fingerprint density at radius 3 is 2.23 bits per heavy atom. The van der Waals surface area contributed by atoms with Crippen LogP contribution in [0.2, 0.25) is 0 Å². The lowest BCUT2D eigenvalue weighted by Gasteiger charge is -2.36. The van der Waals surface area contributed by atoms with Crippen LogP contribution in [-0.4, -0.2) is 57.8 Å². The maximum atomic E-state index is 9.87. The number of rotatable bonds is 2. The van der Waals surface area contributed by atoms with Crippen LogP contribution in [0.15, 0.2) is 0 Å². The minimum atomic E-state index is -1.69. The molecule has 1 saturated heterocycles. The summed E-state index contributed by atoms with van der Waals surface area (Å²) in [5, 5.41) is 36.1. The lowest BCUT2D eigenvalue weighted by Crippen LogP contribution is -2.58. The van der Waals surface area contributed by atoms with Gasteiger partial charge in [0.2, 0.25) is 6.29 Å². The average molecular weight is 194 g/mol. The van der Waals surface area contributed by atoms with E-state index in [4.69, 9.17) is 20.4 Å². The van der Waals surface area contributed by atoms with E-state index in [1.807, 2.05) is 0 Å².